The van der Waals surface area contributed by atoms with Gasteiger partial charge >= 0.3 is 6.03 Å². The fourth-order valence-corrected chi connectivity index (χ4v) is 2.03. The van der Waals surface area contributed by atoms with Gasteiger partial charge in [0.15, 0.2) is 0 Å². The van der Waals surface area contributed by atoms with Crippen LogP contribution in [0.4, 0.5) is 10.5 Å². The molecule has 5 nitrogen and oxygen atoms in total. The number of methoxy groups -OCH3 is 1. The third-order valence-electron chi connectivity index (χ3n) is 3.07. The van der Waals surface area contributed by atoms with Crippen LogP contribution in [0.5, 0.6) is 5.75 Å². The first kappa shape index (κ1) is 16.1. The van der Waals surface area contributed by atoms with E-state index < -0.39 is 12.1 Å². The van der Waals surface area contributed by atoms with E-state index in [2.05, 4.69) is 10.6 Å². The molecule has 2 aromatic rings. The summed E-state index contributed by atoms with van der Waals surface area (Å²) in [6, 6.07) is 13.5. The number of halogens is 1. The number of aliphatic hydroxyl groups excluding tert-OH is 1. The highest BCUT2D eigenvalue weighted by Crippen LogP contribution is 2.22. The van der Waals surface area contributed by atoms with E-state index >= 15 is 0 Å². The number of ether oxygens (including phenoxy) is 1. The number of nitrogens with one attached hydrogen (secondary N) is 2. The van der Waals surface area contributed by atoms with Crippen molar-refractivity contribution in [3.8, 4) is 5.75 Å². The molecule has 2 amide bonds. The molecule has 0 bridgehead atoms. The molecule has 0 saturated heterocycles. The van der Waals surface area contributed by atoms with Gasteiger partial charge in [-0.15, -0.1) is 0 Å². The summed E-state index contributed by atoms with van der Waals surface area (Å²) >= 11 is 5.79. The number of benzene rings is 2. The zero-order valence-electron chi connectivity index (χ0n) is 12.0. The van der Waals surface area contributed by atoms with Crippen LogP contribution in [0.25, 0.3) is 0 Å². The van der Waals surface area contributed by atoms with Crippen molar-refractivity contribution in [2.75, 3.05) is 19.0 Å². The normalized spacial score (nSPS) is 11.6. The Morgan fingerprint density at radius 2 is 1.91 bits per heavy atom. The van der Waals surface area contributed by atoms with E-state index in [0.29, 0.717) is 22.0 Å². The van der Waals surface area contributed by atoms with Crippen LogP contribution in [0.15, 0.2) is 48.5 Å². The maximum Gasteiger partial charge on any atom is 0.319 e. The zero-order valence-corrected chi connectivity index (χ0v) is 12.8. The van der Waals surface area contributed by atoms with Crippen LogP contribution >= 0.6 is 11.6 Å². The number of hydrogen-bond donors (Lipinski definition) is 3. The van der Waals surface area contributed by atoms with Gasteiger partial charge in [0.05, 0.1) is 18.9 Å². The summed E-state index contributed by atoms with van der Waals surface area (Å²) in [5.74, 6) is 0.566. The molecule has 0 spiro atoms. The van der Waals surface area contributed by atoms with Gasteiger partial charge in [-0.2, -0.15) is 0 Å². The van der Waals surface area contributed by atoms with Crippen LogP contribution in [-0.2, 0) is 0 Å². The highest BCUT2D eigenvalue weighted by Gasteiger charge is 2.11. The predicted octanol–water partition coefficient (Wildman–Crippen LogP) is 3.20. The molecule has 116 valence electrons. The lowest BCUT2D eigenvalue weighted by atomic mass is 10.1. The number of anilines is 1. The quantitative estimate of drug-likeness (QED) is 0.792. The van der Waals surface area contributed by atoms with Gasteiger partial charge in [0.1, 0.15) is 5.75 Å². The molecule has 0 saturated carbocycles. The van der Waals surface area contributed by atoms with Crippen LogP contribution in [0.1, 0.15) is 11.7 Å². The summed E-state index contributed by atoms with van der Waals surface area (Å²) in [5.41, 5.74) is 1.24. The lowest BCUT2D eigenvalue weighted by molar-refractivity contribution is 0.175. The molecule has 6 heteroatoms. The number of carbonyl (C=O) groups is 1. The highest BCUT2D eigenvalue weighted by molar-refractivity contribution is 6.30. The van der Waals surface area contributed by atoms with Crippen LogP contribution in [0.2, 0.25) is 5.02 Å². The Labute approximate surface area is 133 Å². The van der Waals surface area contributed by atoms with Gasteiger partial charge in [0, 0.05) is 11.6 Å². The first-order valence-electron chi connectivity index (χ1n) is 6.71. The second-order valence-electron chi connectivity index (χ2n) is 4.60. The van der Waals surface area contributed by atoms with Crippen LogP contribution in [0, 0.1) is 0 Å². The monoisotopic (exact) mass is 320 g/mol. The average Bonchev–Trinajstić information content (AvgIpc) is 2.54. The molecule has 0 radical (unpaired) electrons. The molecule has 2 rings (SSSR count). The fourth-order valence-electron chi connectivity index (χ4n) is 1.91. The number of rotatable bonds is 5. The Hall–Kier alpha value is -2.24. The molecule has 0 fully saturated rings. The van der Waals surface area contributed by atoms with E-state index in [9.17, 15) is 9.90 Å². The smallest absolute Gasteiger partial charge is 0.319 e. The molecule has 0 aliphatic rings. The van der Waals surface area contributed by atoms with Gasteiger partial charge < -0.3 is 20.5 Å². The molecule has 0 heterocycles. The van der Waals surface area contributed by atoms with Crippen molar-refractivity contribution in [2.24, 2.45) is 0 Å². The Bertz CT molecular complexity index is 632. The molecule has 2 aromatic carbocycles. The number of urea groups is 1. The molecule has 22 heavy (non-hydrogen) atoms. The first-order chi connectivity index (χ1) is 10.6. The van der Waals surface area contributed by atoms with Crippen molar-refractivity contribution < 1.29 is 14.6 Å². The van der Waals surface area contributed by atoms with Gasteiger partial charge in [0.2, 0.25) is 0 Å². The van der Waals surface area contributed by atoms with Crippen molar-refractivity contribution in [3.05, 3.63) is 59.1 Å². The van der Waals surface area contributed by atoms with E-state index in [-0.39, 0.29) is 6.54 Å². The second kappa shape index (κ2) is 7.68. The van der Waals surface area contributed by atoms with Crippen molar-refractivity contribution in [1.29, 1.82) is 0 Å². The van der Waals surface area contributed by atoms with Crippen LogP contribution in [-0.4, -0.2) is 24.8 Å². The maximum absolute atomic E-state index is 11.9. The van der Waals surface area contributed by atoms with Crippen molar-refractivity contribution >= 4 is 23.3 Å². The maximum atomic E-state index is 11.9. The number of carbonyl (C=O) groups excluding carboxylic acids is 1. The third kappa shape index (κ3) is 4.38. The second-order valence-corrected chi connectivity index (χ2v) is 5.04. The van der Waals surface area contributed by atoms with Gasteiger partial charge in [-0.25, -0.2) is 4.79 Å². The number of aliphatic hydroxyl groups is 1. The molecule has 0 aromatic heterocycles. The highest BCUT2D eigenvalue weighted by atomic mass is 35.5. The molecule has 0 unspecified atom stereocenters. The minimum atomic E-state index is -0.805. The van der Waals surface area contributed by atoms with E-state index in [0.717, 1.165) is 0 Å². The van der Waals surface area contributed by atoms with Crippen molar-refractivity contribution in [1.82, 2.24) is 5.32 Å². The van der Waals surface area contributed by atoms with E-state index in [1.807, 2.05) is 6.07 Å². The fraction of sp³-hybridized carbons (Fsp3) is 0.188. The molecule has 0 aliphatic heterocycles. The Morgan fingerprint density at radius 1 is 1.23 bits per heavy atom. The summed E-state index contributed by atoms with van der Waals surface area (Å²) < 4.78 is 5.15. The average molecular weight is 321 g/mol. The largest absolute Gasteiger partial charge is 0.495 e. The lowest BCUT2D eigenvalue weighted by Crippen LogP contribution is -2.32. The van der Waals surface area contributed by atoms with Gasteiger partial charge in [-0.3, -0.25) is 0 Å². The van der Waals surface area contributed by atoms with E-state index in [1.165, 1.54) is 7.11 Å². The van der Waals surface area contributed by atoms with Crippen LogP contribution < -0.4 is 15.4 Å². The Morgan fingerprint density at radius 3 is 2.59 bits per heavy atom. The summed E-state index contributed by atoms with van der Waals surface area (Å²) in [5, 5.41) is 15.9. The summed E-state index contributed by atoms with van der Waals surface area (Å²) in [6.07, 6.45) is -0.805. The number of para-hydroxylation sites is 2. The molecular formula is C16H17ClN2O3. The van der Waals surface area contributed by atoms with Crippen LogP contribution in [0.3, 0.4) is 0 Å². The van der Waals surface area contributed by atoms with Gasteiger partial charge in [-0.1, -0.05) is 35.9 Å². The van der Waals surface area contributed by atoms with Gasteiger partial charge in [-0.05, 0) is 29.8 Å². The van der Waals surface area contributed by atoms with Gasteiger partial charge in [0.25, 0.3) is 0 Å². The van der Waals surface area contributed by atoms with E-state index in [4.69, 9.17) is 16.3 Å². The Kier molecular flexibility index (Phi) is 5.63. The first-order valence-corrected chi connectivity index (χ1v) is 7.09. The van der Waals surface area contributed by atoms with Crippen molar-refractivity contribution in [3.63, 3.8) is 0 Å². The predicted molar refractivity (Wildman–Crippen MR) is 86.4 cm³/mol. The van der Waals surface area contributed by atoms with E-state index in [1.54, 1.807) is 42.5 Å². The topological polar surface area (TPSA) is 70.6 Å². The molecule has 1 atom stereocenters. The lowest BCUT2D eigenvalue weighted by Gasteiger charge is -2.14. The summed E-state index contributed by atoms with van der Waals surface area (Å²) in [7, 11) is 1.53. The van der Waals surface area contributed by atoms with Crippen molar-refractivity contribution in [2.45, 2.75) is 6.10 Å². The SMILES string of the molecule is COc1ccccc1NC(=O)NC[C@H](O)c1ccc(Cl)cc1. The minimum Gasteiger partial charge on any atom is -0.495 e. The third-order valence-corrected chi connectivity index (χ3v) is 3.32. The minimum absolute atomic E-state index is 0.0859. The zero-order chi connectivity index (χ0) is 15.9. The molecular weight excluding hydrogens is 304 g/mol. The standard InChI is InChI=1S/C16H17ClN2O3/c1-22-15-5-3-2-4-13(15)19-16(21)18-10-14(20)11-6-8-12(17)9-7-11/h2-9,14,20H,10H2,1H3,(H2,18,19,21)/t14-/m0/s1. The summed E-state index contributed by atoms with van der Waals surface area (Å²) in [4.78, 5) is 11.9. The molecule has 3 N–H and O–H groups in total. The number of amides is 2. The summed E-state index contributed by atoms with van der Waals surface area (Å²) in [6.45, 7) is 0.0859. The number of hydrogen-bond acceptors (Lipinski definition) is 3. The molecule has 0 aliphatic carbocycles. The Balaban J connectivity index is 1.88.